The number of rotatable bonds is 4. The van der Waals surface area contributed by atoms with E-state index in [1.807, 2.05) is 32.0 Å². The predicted molar refractivity (Wildman–Crippen MR) is 84.0 cm³/mol. The average molecular weight is 310 g/mol. The Labute approximate surface area is 130 Å². The van der Waals surface area contributed by atoms with E-state index in [1.54, 1.807) is 23.0 Å². The molecule has 0 fully saturated rings. The van der Waals surface area contributed by atoms with Crippen LogP contribution in [-0.4, -0.2) is 45.2 Å². The molecule has 21 heavy (non-hydrogen) atoms. The molecule has 6 nitrogen and oxygen atoms in total. The summed E-state index contributed by atoms with van der Waals surface area (Å²) in [6.07, 6.45) is 3.10. The average Bonchev–Trinajstić information content (AvgIpc) is 2.99. The van der Waals surface area contributed by atoms with E-state index in [4.69, 9.17) is 5.73 Å². The molecule has 0 saturated carbocycles. The summed E-state index contributed by atoms with van der Waals surface area (Å²) in [6.45, 7) is 4.28. The highest BCUT2D eigenvalue weighted by molar-refractivity contribution is 5.95. The number of hydrogen-bond donors (Lipinski definition) is 1. The molecule has 1 amide bonds. The molecule has 0 aliphatic carbocycles. The Morgan fingerprint density at radius 3 is 2.71 bits per heavy atom. The molecule has 1 heterocycles. The first kappa shape index (κ1) is 17.1. The molecule has 2 rings (SSSR count). The van der Waals surface area contributed by atoms with Gasteiger partial charge >= 0.3 is 0 Å². The molecule has 2 aromatic rings. The van der Waals surface area contributed by atoms with E-state index >= 15 is 0 Å². The maximum atomic E-state index is 12.4. The van der Waals surface area contributed by atoms with E-state index in [2.05, 4.69) is 10.1 Å². The van der Waals surface area contributed by atoms with Gasteiger partial charge in [0.05, 0.1) is 5.69 Å². The molecular formula is C14H20ClN5O. The highest BCUT2D eigenvalue weighted by Gasteiger charge is 2.18. The van der Waals surface area contributed by atoms with E-state index in [9.17, 15) is 4.79 Å². The number of carbonyl (C=O) groups is 1. The number of halogens is 1. The topological polar surface area (TPSA) is 77.0 Å². The van der Waals surface area contributed by atoms with Crippen LogP contribution in [0.15, 0.2) is 30.9 Å². The molecule has 1 aromatic heterocycles. The summed E-state index contributed by atoms with van der Waals surface area (Å²) in [5.41, 5.74) is 8.06. The van der Waals surface area contributed by atoms with Gasteiger partial charge in [-0.05, 0) is 37.6 Å². The maximum absolute atomic E-state index is 12.4. The van der Waals surface area contributed by atoms with Gasteiger partial charge in [-0.1, -0.05) is 0 Å². The normalized spacial score (nSPS) is 11.6. The van der Waals surface area contributed by atoms with Gasteiger partial charge in [-0.15, -0.1) is 12.4 Å². The van der Waals surface area contributed by atoms with Crippen molar-refractivity contribution in [1.29, 1.82) is 0 Å². The molecule has 0 radical (unpaired) electrons. The Morgan fingerprint density at radius 1 is 1.48 bits per heavy atom. The third-order valence-electron chi connectivity index (χ3n) is 3.45. The summed E-state index contributed by atoms with van der Waals surface area (Å²) >= 11 is 0. The third-order valence-corrected chi connectivity index (χ3v) is 3.45. The summed E-state index contributed by atoms with van der Waals surface area (Å²) in [5, 5.41) is 4.07. The minimum Gasteiger partial charge on any atom is -0.338 e. The molecule has 0 spiro atoms. The van der Waals surface area contributed by atoms with Crippen LogP contribution in [0.2, 0.25) is 0 Å². The quantitative estimate of drug-likeness (QED) is 0.926. The van der Waals surface area contributed by atoms with E-state index in [0.29, 0.717) is 12.1 Å². The Bertz CT molecular complexity index is 599. The van der Waals surface area contributed by atoms with Crippen LogP contribution in [0.3, 0.4) is 0 Å². The monoisotopic (exact) mass is 309 g/mol. The number of benzene rings is 1. The van der Waals surface area contributed by atoms with E-state index in [1.165, 1.54) is 6.33 Å². The van der Waals surface area contributed by atoms with Gasteiger partial charge in [0, 0.05) is 25.2 Å². The first-order valence-corrected chi connectivity index (χ1v) is 6.47. The first-order valence-electron chi connectivity index (χ1n) is 6.47. The second kappa shape index (κ2) is 7.19. The second-order valence-electron chi connectivity index (χ2n) is 4.84. The number of aryl methyl sites for hydroxylation is 1. The number of nitrogens with two attached hydrogens (primary N) is 1. The van der Waals surface area contributed by atoms with Crippen molar-refractivity contribution in [2.24, 2.45) is 5.73 Å². The molecule has 0 bridgehead atoms. The Morgan fingerprint density at radius 2 is 2.19 bits per heavy atom. The lowest BCUT2D eigenvalue weighted by Crippen LogP contribution is -2.40. The summed E-state index contributed by atoms with van der Waals surface area (Å²) in [6, 6.07) is 5.60. The van der Waals surface area contributed by atoms with Gasteiger partial charge in [0.25, 0.3) is 5.91 Å². The minimum absolute atomic E-state index is 0. The summed E-state index contributed by atoms with van der Waals surface area (Å²) in [5.74, 6) is -0.0226. The van der Waals surface area contributed by atoms with Crippen LogP contribution in [0.4, 0.5) is 0 Å². The van der Waals surface area contributed by atoms with E-state index < -0.39 is 0 Å². The second-order valence-corrected chi connectivity index (χ2v) is 4.84. The first-order chi connectivity index (χ1) is 9.54. The fraction of sp³-hybridized carbons (Fsp3) is 0.357. The van der Waals surface area contributed by atoms with Crippen LogP contribution in [-0.2, 0) is 0 Å². The predicted octanol–water partition coefficient (Wildman–Crippen LogP) is 1.42. The van der Waals surface area contributed by atoms with Gasteiger partial charge in [0.15, 0.2) is 0 Å². The zero-order chi connectivity index (χ0) is 14.7. The molecule has 114 valence electrons. The third kappa shape index (κ3) is 3.59. The van der Waals surface area contributed by atoms with Gasteiger partial charge in [-0.25, -0.2) is 9.67 Å². The van der Waals surface area contributed by atoms with Gasteiger partial charge < -0.3 is 10.6 Å². The van der Waals surface area contributed by atoms with Crippen molar-refractivity contribution >= 4 is 18.3 Å². The number of hydrogen-bond acceptors (Lipinski definition) is 4. The van der Waals surface area contributed by atoms with Crippen LogP contribution in [0.5, 0.6) is 0 Å². The lowest BCUT2D eigenvalue weighted by Gasteiger charge is -2.24. The summed E-state index contributed by atoms with van der Waals surface area (Å²) < 4.78 is 1.66. The minimum atomic E-state index is -0.0226. The van der Waals surface area contributed by atoms with Gasteiger partial charge in [0.2, 0.25) is 0 Å². The molecule has 1 atom stereocenters. The molecule has 0 aliphatic heterocycles. The van der Waals surface area contributed by atoms with Crippen molar-refractivity contribution in [1.82, 2.24) is 19.7 Å². The zero-order valence-electron chi connectivity index (χ0n) is 12.4. The SMILES string of the molecule is Cc1cc(-n2cncn2)ccc1C(=O)N(C)C(C)CN.Cl. The highest BCUT2D eigenvalue weighted by Crippen LogP contribution is 2.16. The van der Waals surface area contributed by atoms with Gasteiger partial charge in [0.1, 0.15) is 12.7 Å². The number of likely N-dealkylation sites (N-methyl/N-ethyl adjacent to an activating group) is 1. The molecule has 0 aliphatic rings. The zero-order valence-corrected chi connectivity index (χ0v) is 13.2. The summed E-state index contributed by atoms with van der Waals surface area (Å²) in [4.78, 5) is 18.0. The Balaban J connectivity index is 0.00000220. The van der Waals surface area contributed by atoms with Crippen LogP contribution in [0, 0.1) is 6.92 Å². The molecule has 0 saturated heterocycles. The van der Waals surface area contributed by atoms with Crippen molar-refractivity contribution < 1.29 is 4.79 Å². The number of aromatic nitrogens is 3. The Hall–Kier alpha value is -1.92. The standard InChI is InChI=1S/C14H19N5O.ClH/c1-10-6-12(19-9-16-8-17-19)4-5-13(10)14(20)18(3)11(2)7-15;/h4-6,8-9,11H,7,15H2,1-3H3;1H. The molecule has 1 unspecified atom stereocenters. The van der Waals surface area contributed by atoms with Crippen molar-refractivity contribution in [3.63, 3.8) is 0 Å². The summed E-state index contributed by atoms with van der Waals surface area (Å²) in [7, 11) is 1.77. The smallest absolute Gasteiger partial charge is 0.254 e. The van der Waals surface area contributed by atoms with Crippen molar-refractivity contribution in [2.45, 2.75) is 19.9 Å². The van der Waals surface area contributed by atoms with Crippen molar-refractivity contribution in [2.75, 3.05) is 13.6 Å². The fourth-order valence-electron chi connectivity index (χ4n) is 1.92. The van der Waals surface area contributed by atoms with E-state index in [-0.39, 0.29) is 24.4 Å². The van der Waals surface area contributed by atoms with Crippen LogP contribution < -0.4 is 5.73 Å². The van der Waals surface area contributed by atoms with Crippen molar-refractivity contribution in [3.05, 3.63) is 42.0 Å². The van der Waals surface area contributed by atoms with Crippen LogP contribution in [0.1, 0.15) is 22.8 Å². The lowest BCUT2D eigenvalue weighted by atomic mass is 10.1. The molecule has 1 aromatic carbocycles. The largest absolute Gasteiger partial charge is 0.338 e. The van der Waals surface area contributed by atoms with Gasteiger partial charge in [-0.3, -0.25) is 4.79 Å². The molecular weight excluding hydrogens is 290 g/mol. The highest BCUT2D eigenvalue weighted by atomic mass is 35.5. The van der Waals surface area contributed by atoms with Crippen molar-refractivity contribution in [3.8, 4) is 5.69 Å². The number of amides is 1. The Kier molecular flexibility index (Phi) is 5.87. The van der Waals surface area contributed by atoms with E-state index in [0.717, 1.165) is 11.3 Å². The molecule has 7 heteroatoms. The lowest BCUT2D eigenvalue weighted by molar-refractivity contribution is 0.0747. The fourth-order valence-corrected chi connectivity index (χ4v) is 1.92. The maximum Gasteiger partial charge on any atom is 0.254 e. The molecule has 2 N–H and O–H groups in total. The number of carbonyl (C=O) groups excluding carboxylic acids is 1. The van der Waals surface area contributed by atoms with Crippen LogP contribution >= 0.6 is 12.4 Å². The number of nitrogens with zero attached hydrogens (tertiary/aromatic N) is 4. The van der Waals surface area contributed by atoms with Crippen LogP contribution in [0.25, 0.3) is 5.69 Å². The van der Waals surface area contributed by atoms with Gasteiger partial charge in [-0.2, -0.15) is 5.10 Å².